The molecular weight excluding hydrogens is 837 g/mol. The molecule has 0 N–H and O–H groups in total. The van der Waals surface area contributed by atoms with Crippen LogP contribution >= 0.6 is 151 Å². The highest BCUT2D eigenvalue weighted by Gasteiger charge is 2.35. The molecule has 0 radical (unpaired) electrons. The van der Waals surface area contributed by atoms with Crippen molar-refractivity contribution in [1.82, 2.24) is 29.9 Å². The third-order valence-corrected chi connectivity index (χ3v) is 7.02. The predicted octanol–water partition coefficient (Wildman–Crippen LogP) is 11.0. The Morgan fingerprint density at radius 1 is 0.442 bits per heavy atom. The number of ether oxygens (including phenoxy) is 1. The van der Waals surface area contributed by atoms with E-state index < -0.39 is 15.2 Å². The third kappa shape index (κ3) is 11.1. The van der Waals surface area contributed by atoms with Crippen molar-refractivity contribution in [3.05, 3.63) is 76.9 Å². The van der Waals surface area contributed by atoms with Crippen LogP contribution in [-0.4, -0.2) is 37.0 Å². The Morgan fingerprint density at radius 2 is 0.721 bits per heavy atom. The van der Waals surface area contributed by atoms with Crippen LogP contribution in [0.25, 0.3) is 22.8 Å². The molecule has 230 valence electrons. The summed E-state index contributed by atoms with van der Waals surface area (Å²) in [6.07, 6.45) is 0. The summed E-state index contributed by atoms with van der Waals surface area (Å²) in [5, 5.41) is 0.552. The molecule has 20 heteroatoms. The number of hydrogen-bond donors (Lipinski definition) is 0. The molecule has 0 atom stereocenters. The van der Waals surface area contributed by atoms with Crippen LogP contribution in [0.2, 0.25) is 5.02 Å². The van der Waals surface area contributed by atoms with Crippen molar-refractivity contribution in [3.63, 3.8) is 0 Å². The van der Waals surface area contributed by atoms with Crippen molar-refractivity contribution in [2.24, 2.45) is 0 Å². The maximum atomic E-state index is 5.83. The summed E-state index contributed by atoms with van der Waals surface area (Å²) in [5.74, 6) is 0.507. The molecule has 2 heterocycles. The SMILES string of the molecule is COc1ccc(-c2nc(C(Cl)(Cl)Cl)nc(C(Cl)(Cl)Cl)n2)cc1.Clc1ccc(-c2nc(C(Cl)(Cl)Cl)nc(C(Cl)(Cl)Cl)n2)cc1. The highest BCUT2D eigenvalue weighted by molar-refractivity contribution is 6.68. The van der Waals surface area contributed by atoms with E-state index >= 15 is 0 Å². The maximum Gasteiger partial charge on any atom is 0.250 e. The van der Waals surface area contributed by atoms with Gasteiger partial charge in [0.05, 0.1) is 7.11 Å². The number of alkyl halides is 12. The van der Waals surface area contributed by atoms with E-state index in [4.69, 9.17) is 156 Å². The van der Waals surface area contributed by atoms with Crippen molar-refractivity contribution in [3.8, 4) is 28.5 Å². The van der Waals surface area contributed by atoms with E-state index in [2.05, 4.69) is 29.9 Å². The first kappa shape index (κ1) is 37.5. The van der Waals surface area contributed by atoms with Crippen LogP contribution in [-0.2, 0) is 15.2 Å². The van der Waals surface area contributed by atoms with E-state index in [1.54, 1.807) is 55.6 Å². The lowest BCUT2D eigenvalue weighted by Crippen LogP contribution is -2.16. The zero-order valence-electron chi connectivity index (χ0n) is 20.6. The number of halogens is 13. The normalized spacial score (nSPS) is 12.4. The van der Waals surface area contributed by atoms with Gasteiger partial charge in [0, 0.05) is 16.1 Å². The Morgan fingerprint density at radius 3 is 0.977 bits per heavy atom. The molecule has 0 unspecified atom stereocenters. The van der Waals surface area contributed by atoms with E-state index in [1.165, 1.54) is 0 Å². The van der Waals surface area contributed by atoms with Crippen molar-refractivity contribution in [2.45, 2.75) is 15.2 Å². The van der Waals surface area contributed by atoms with Gasteiger partial charge in [0.15, 0.2) is 34.9 Å². The predicted molar refractivity (Wildman–Crippen MR) is 179 cm³/mol. The van der Waals surface area contributed by atoms with Gasteiger partial charge in [0.25, 0.3) is 0 Å². The van der Waals surface area contributed by atoms with Crippen molar-refractivity contribution in [2.75, 3.05) is 7.11 Å². The highest BCUT2D eigenvalue weighted by Crippen LogP contribution is 2.42. The molecule has 4 rings (SSSR count). The van der Waals surface area contributed by atoms with Crippen LogP contribution in [0, 0.1) is 0 Å². The Hall–Kier alpha value is 0.0300. The quantitative estimate of drug-likeness (QED) is 0.190. The number of aromatic nitrogens is 6. The Kier molecular flexibility index (Phi) is 12.9. The molecule has 0 saturated carbocycles. The lowest BCUT2D eigenvalue weighted by atomic mass is 10.2. The minimum Gasteiger partial charge on any atom is -0.497 e. The first-order chi connectivity index (χ1) is 19.7. The number of hydrogen-bond acceptors (Lipinski definition) is 7. The van der Waals surface area contributed by atoms with Crippen molar-refractivity contribution >= 4 is 151 Å². The van der Waals surface area contributed by atoms with Gasteiger partial charge in [-0.05, 0) is 48.5 Å². The number of nitrogens with zero attached hydrogens (tertiary/aromatic N) is 6. The molecule has 0 spiro atoms. The average molecular weight is 848 g/mol. The summed E-state index contributed by atoms with van der Waals surface area (Å²) in [5.41, 5.74) is 1.22. The summed E-state index contributed by atoms with van der Waals surface area (Å²) in [4.78, 5) is 24.2. The van der Waals surface area contributed by atoms with Crippen molar-refractivity contribution < 1.29 is 4.74 Å². The fourth-order valence-electron chi connectivity index (χ4n) is 2.86. The Labute approximate surface area is 310 Å². The summed E-state index contributed by atoms with van der Waals surface area (Å²) >= 11 is 75.5. The number of rotatable bonds is 3. The van der Waals surface area contributed by atoms with Crippen molar-refractivity contribution in [1.29, 1.82) is 0 Å². The first-order valence-electron chi connectivity index (χ1n) is 10.9. The summed E-state index contributed by atoms with van der Waals surface area (Å²) in [6, 6.07) is 13.6. The van der Waals surface area contributed by atoms with E-state index in [0.29, 0.717) is 21.9 Å². The summed E-state index contributed by atoms with van der Waals surface area (Å²) < 4.78 is -2.44. The average Bonchev–Trinajstić information content (AvgIpc) is 2.91. The third-order valence-electron chi connectivity index (χ3n) is 4.74. The largest absolute Gasteiger partial charge is 0.497 e. The second-order valence-electron chi connectivity index (χ2n) is 7.84. The summed E-state index contributed by atoms with van der Waals surface area (Å²) in [7, 11) is 1.56. The van der Waals surface area contributed by atoms with Gasteiger partial charge >= 0.3 is 0 Å². The van der Waals surface area contributed by atoms with Crippen LogP contribution in [0.5, 0.6) is 5.75 Å². The standard InChI is InChI=1S/C12H7Cl6N3O.C11H4Cl7N3/c1-22-7-4-2-6(3-5-7)8-19-9(11(13,14)15)21-10(20-8)12(16,17)18;12-6-3-1-5(2-4-6)7-19-8(10(13,14)15)21-9(20-7)11(16,17)18/h2-5H,1H3;1-4H. The molecule has 0 bridgehead atoms. The molecule has 0 fully saturated rings. The van der Waals surface area contributed by atoms with Gasteiger partial charge in [-0.2, -0.15) is 0 Å². The molecule has 4 aromatic rings. The highest BCUT2D eigenvalue weighted by atomic mass is 35.6. The zero-order valence-corrected chi connectivity index (χ0v) is 30.5. The molecule has 2 aromatic carbocycles. The van der Waals surface area contributed by atoms with Gasteiger partial charge in [0.2, 0.25) is 15.2 Å². The van der Waals surface area contributed by atoms with Gasteiger partial charge in [-0.3, -0.25) is 0 Å². The maximum absolute atomic E-state index is 5.83. The van der Waals surface area contributed by atoms with E-state index in [1.807, 2.05) is 0 Å². The second-order valence-corrected chi connectivity index (χ2v) is 17.4. The van der Waals surface area contributed by atoms with Crippen LogP contribution in [0.1, 0.15) is 23.3 Å². The van der Waals surface area contributed by atoms with Crippen LogP contribution in [0.4, 0.5) is 0 Å². The van der Waals surface area contributed by atoms with Gasteiger partial charge in [0.1, 0.15) is 5.75 Å². The molecule has 0 aliphatic rings. The molecule has 7 nitrogen and oxygen atoms in total. The molecule has 43 heavy (non-hydrogen) atoms. The molecule has 0 aliphatic heterocycles. The van der Waals surface area contributed by atoms with Gasteiger partial charge in [-0.15, -0.1) is 0 Å². The lowest BCUT2D eigenvalue weighted by Gasteiger charge is -2.15. The molecule has 0 amide bonds. The topological polar surface area (TPSA) is 86.6 Å². The van der Waals surface area contributed by atoms with Crippen LogP contribution < -0.4 is 4.74 Å². The van der Waals surface area contributed by atoms with Gasteiger partial charge < -0.3 is 4.74 Å². The monoisotopic (exact) mass is 842 g/mol. The van der Waals surface area contributed by atoms with Crippen LogP contribution in [0.15, 0.2) is 48.5 Å². The van der Waals surface area contributed by atoms with Gasteiger partial charge in [-0.25, -0.2) is 29.9 Å². The summed E-state index contributed by atoms with van der Waals surface area (Å²) in [6.45, 7) is 0. The zero-order chi connectivity index (χ0) is 32.4. The smallest absolute Gasteiger partial charge is 0.250 e. The fraction of sp³-hybridized carbons (Fsp3) is 0.217. The second kappa shape index (κ2) is 14.8. The molecular formula is C23H11Cl13N6O. The fourth-order valence-corrected chi connectivity index (χ4v) is 4.00. The first-order valence-corrected chi connectivity index (χ1v) is 15.8. The van der Waals surface area contributed by atoms with E-state index in [9.17, 15) is 0 Å². The van der Waals surface area contributed by atoms with Crippen LogP contribution in [0.3, 0.4) is 0 Å². The Bertz CT molecular complexity index is 1480. The molecule has 2 aromatic heterocycles. The number of benzene rings is 2. The lowest BCUT2D eigenvalue weighted by molar-refractivity contribution is 0.415. The minimum absolute atomic E-state index is 0.139. The number of methoxy groups -OCH3 is 1. The van der Waals surface area contributed by atoms with Gasteiger partial charge in [-0.1, -0.05) is 151 Å². The molecule has 0 saturated heterocycles. The Balaban J connectivity index is 0.000000236. The molecule has 0 aliphatic carbocycles. The minimum atomic E-state index is -1.88. The van der Waals surface area contributed by atoms with E-state index in [-0.39, 0.29) is 34.9 Å². The van der Waals surface area contributed by atoms with E-state index in [0.717, 1.165) is 0 Å².